The summed E-state index contributed by atoms with van der Waals surface area (Å²) in [6.07, 6.45) is 6.00. The molecule has 0 saturated carbocycles. The van der Waals surface area contributed by atoms with Gasteiger partial charge in [-0.1, -0.05) is 20.8 Å². The predicted octanol–water partition coefficient (Wildman–Crippen LogP) is 2.29. The Morgan fingerprint density at radius 1 is 1.30 bits per heavy atom. The van der Waals surface area contributed by atoms with E-state index in [0.717, 1.165) is 37.4 Å². The number of aryl methyl sites for hydroxylation is 3. The molecule has 0 aliphatic rings. The van der Waals surface area contributed by atoms with Crippen molar-refractivity contribution < 1.29 is 0 Å². The van der Waals surface area contributed by atoms with Crippen LogP contribution < -0.4 is 5.32 Å². The largest absolute Gasteiger partial charge is 0.333 e. The molecule has 2 aromatic heterocycles. The Morgan fingerprint density at radius 2 is 2.10 bits per heavy atom. The zero-order valence-electron chi connectivity index (χ0n) is 12.9. The highest BCUT2D eigenvalue weighted by molar-refractivity contribution is 5.21. The van der Waals surface area contributed by atoms with Crippen LogP contribution in [0.3, 0.4) is 0 Å². The van der Waals surface area contributed by atoms with Crippen molar-refractivity contribution in [3.8, 4) is 0 Å². The van der Waals surface area contributed by atoms with Crippen molar-refractivity contribution in [2.24, 2.45) is 7.05 Å². The summed E-state index contributed by atoms with van der Waals surface area (Å²) in [5.74, 6) is 1.07. The van der Waals surface area contributed by atoms with Gasteiger partial charge in [0, 0.05) is 26.0 Å². The highest BCUT2D eigenvalue weighted by Gasteiger charge is 2.22. The van der Waals surface area contributed by atoms with Crippen LogP contribution in [0.1, 0.15) is 50.4 Å². The molecule has 2 heterocycles. The summed E-state index contributed by atoms with van der Waals surface area (Å²) in [6.45, 7) is 8.33. The number of hydrogen-bond donors (Lipinski definition) is 1. The second kappa shape index (κ2) is 6.70. The molecule has 110 valence electrons. The fourth-order valence-electron chi connectivity index (χ4n) is 2.53. The minimum atomic E-state index is 0.0966. The first kappa shape index (κ1) is 14.8. The summed E-state index contributed by atoms with van der Waals surface area (Å²) in [6, 6.07) is 2.28. The average molecular weight is 275 g/mol. The SMILES string of the molecule is CCCn1ccnc1C(NCC)c1cc(CC)nn1C. The molecule has 0 aromatic carbocycles. The summed E-state index contributed by atoms with van der Waals surface area (Å²) >= 11 is 0. The van der Waals surface area contributed by atoms with Gasteiger partial charge >= 0.3 is 0 Å². The van der Waals surface area contributed by atoms with Gasteiger partial charge < -0.3 is 9.88 Å². The minimum Gasteiger partial charge on any atom is -0.333 e. The molecule has 1 N–H and O–H groups in total. The molecule has 0 aliphatic carbocycles. The van der Waals surface area contributed by atoms with Crippen LogP contribution in [0.5, 0.6) is 0 Å². The molecule has 0 aliphatic heterocycles. The zero-order chi connectivity index (χ0) is 14.5. The van der Waals surface area contributed by atoms with Gasteiger partial charge in [-0.15, -0.1) is 0 Å². The van der Waals surface area contributed by atoms with Crippen molar-refractivity contribution in [2.45, 2.75) is 46.2 Å². The Balaban J connectivity index is 2.39. The van der Waals surface area contributed by atoms with Gasteiger partial charge in [0.25, 0.3) is 0 Å². The Kier molecular flexibility index (Phi) is 4.95. The van der Waals surface area contributed by atoms with Gasteiger partial charge in [0.15, 0.2) is 0 Å². The number of imidazole rings is 1. The Bertz CT molecular complexity index is 540. The number of nitrogens with one attached hydrogen (secondary N) is 1. The van der Waals surface area contributed by atoms with Crippen LogP contribution in [0.4, 0.5) is 0 Å². The smallest absolute Gasteiger partial charge is 0.132 e. The monoisotopic (exact) mass is 275 g/mol. The van der Waals surface area contributed by atoms with E-state index in [1.165, 1.54) is 5.69 Å². The lowest BCUT2D eigenvalue weighted by Crippen LogP contribution is -2.27. The van der Waals surface area contributed by atoms with E-state index in [4.69, 9.17) is 0 Å². The highest BCUT2D eigenvalue weighted by Crippen LogP contribution is 2.21. The molecule has 1 unspecified atom stereocenters. The Labute approximate surface area is 121 Å². The third-order valence-corrected chi connectivity index (χ3v) is 3.50. The first-order chi connectivity index (χ1) is 9.71. The van der Waals surface area contributed by atoms with E-state index in [2.05, 4.69) is 53.0 Å². The molecule has 0 fully saturated rings. The lowest BCUT2D eigenvalue weighted by molar-refractivity contribution is 0.513. The van der Waals surface area contributed by atoms with Gasteiger partial charge in [0.05, 0.1) is 11.4 Å². The quantitative estimate of drug-likeness (QED) is 0.843. The molecule has 0 saturated heterocycles. The normalized spacial score (nSPS) is 12.8. The van der Waals surface area contributed by atoms with Gasteiger partial charge in [-0.2, -0.15) is 5.10 Å². The molecule has 0 amide bonds. The number of rotatable bonds is 7. The third kappa shape index (κ3) is 2.93. The third-order valence-electron chi connectivity index (χ3n) is 3.50. The zero-order valence-corrected chi connectivity index (χ0v) is 12.9. The summed E-state index contributed by atoms with van der Waals surface area (Å²) in [4.78, 5) is 4.57. The molecular weight excluding hydrogens is 250 g/mol. The van der Waals surface area contributed by atoms with Crippen LogP contribution in [-0.4, -0.2) is 25.9 Å². The van der Waals surface area contributed by atoms with Crippen molar-refractivity contribution in [1.29, 1.82) is 0 Å². The van der Waals surface area contributed by atoms with E-state index < -0.39 is 0 Å². The molecule has 2 aromatic rings. The minimum absolute atomic E-state index is 0.0966. The predicted molar refractivity (Wildman–Crippen MR) is 80.6 cm³/mol. The van der Waals surface area contributed by atoms with Crippen LogP contribution in [0, 0.1) is 0 Å². The first-order valence-electron chi connectivity index (χ1n) is 7.48. The second-order valence-corrected chi connectivity index (χ2v) is 5.01. The summed E-state index contributed by atoms with van der Waals surface area (Å²) in [5, 5.41) is 8.09. The molecule has 0 bridgehead atoms. The van der Waals surface area contributed by atoms with Gasteiger partial charge in [-0.3, -0.25) is 4.68 Å². The lowest BCUT2D eigenvalue weighted by atomic mass is 10.1. The number of aromatic nitrogens is 4. The maximum absolute atomic E-state index is 4.57. The maximum atomic E-state index is 4.57. The average Bonchev–Trinajstić information content (AvgIpc) is 3.03. The summed E-state index contributed by atoms with van der Waals surface area (Å²) in [5.41, 5.74) is 2.30. The first-order valence-corrected chi connectivity index (χ1v) is 7.48. The van der Waals surface area contributed by atoms with Crippen molar-refractivity contribution in [3.63, 3.8) is 0 Å². The van der Waals surface area contributed by atoms with Crippen LogP contribution in [0.25, 0.3) is 0 Å². The number of hydrogen-bond acceptors (Lipinski definition) is 3. The lowest BCUT2D eigenvalue weighted by Gasteiger charge is -2.19. The molecule has 0 radical (unpaired) electrons. The van der Waals surface area contributed by atoms with E-state index in [0.29, 0.717) is 0 Å². The van der Waals surface area contributed by atoms with Crippen LogP contribution in [0.15, 0.2) is 18.5 Å². The van der Waals surface area contributed by atoms with Crippen LogP contribution >= 0.6 is 0 Å². The number of nitrogens with zero attached hydrogens (tertiary/aromatic N) is 4. The summed E-state index contributed by atoms with van der Waals surface area (Å²) < 4.78 is 4.20. The van der Waals surface area contributed by atoms with Gasteiger partial charge in [-0.05, 0) is 25.5 Å². The standard InChI is InChI=1S/C15H25N5/c1-5-9-20-10-8-17-15(20)14(16-7-3)13-11-12(6-2)18-19(13)4/h8,10-11,14,16H,5-7,9H2,1-4H3. The fourth-order valence-corrected chi connectivity index (χ4v) is 2.53. The van der Waals surface area contributed by atoms with E-state index in [-0.39, 0.29) is 6.04 Å². The topological polar surface area (TPSA) is 47.7 Å². The van der Waals surface area contributed by atoms with E-state index in [1.807, 2.05) is 17.9 Å². The van der Waals surface area contributed by atoms with Crippen molar-refractivity contribution >= 4 is 0 Å². The van der Waals surface area contributed by atoms with Gasteiger partial charge in [-0.25, -0.2) is 4.98 Å². The van der Waals surface area contributed by atoms with E-state index >= 15 is 0 Å². The van der Waals surface area contributed by atoms with E-state index in [1.54, 1.807) is 0 Å². The van der Waals surface area contributed by atoms with Crippen molar-refractivity contribution in [3.05, 3.63) is 35.7 Å². The fraction of sp³-hybridized carbons (Fsp3) is 0.600. The molecule has 20 heavy (non-hydrogen) atoms. The van der Waals surface area contributed by atoms with Crippen molar-refractivity contribution in [1.82, 2.24) is 24.6 Å². The molecular formula is C15H25N5. The summed E-state index contributed by atoms with van der Waals surface area (Å²) in [7, 11) is 2.01. The van der Waals surface area contributed by atoms with Crippen LogP contribution in [-0.2, 0) is 20.0 Å². The molecule has 1 atom stereocenters. The Morgan fingerprint density at radius 3 is 2.70 bits per heavy atom. The molecule has 5 heteroatoms. The Hall–Kier alpha value is -1.62. The van der Waals surface area contributed by atoms with Gasteiger partial charge in [0.1, 0.15) is 11.9 Å². The van der Waals surface area contributed by atoms with E-state index in [9.17, 15) is 0 Å². The molecule has 2 rings (SSSR count). The van der Waals surface area contributed by atoms with Crippen molar-refractivity contribution in [2.75, 3.05) is 6.54 Å². The van der Waals surface area contributed by atoms with Crippen LogP contribution in [0.2, 0.25) is 0 Å². The maximum Gasteiger partial charge on any atom is 0.132 e. The molecule has 0 spiro atoms. The molecule has 5 nitrogen and oxygen atoms in total. The van der Waals surface area contributed by atoms with Gasteiger partial charge in [0.2, 0.25) is 0 Å². The second-order valence-electron chi connectivity index (χ2n) is 5.01. The highest BCUT2D eigenvalue weighted by atomic mass is 15.3.